The first kappa shape index (κ1) is 17.0. The summed E-state index contributed by atoms with van der Waals surface area (Å²) in [5.41, 5.74) is 1.18. The van der Waals surface area contributed by atoms with Crippen molar-refractivity contribution in [3.05, 3.63) is 76.8 Å². The third-order valence-corrected chi connectivity index (χ3v) is 3.80. The van der Waals surface area contributed by atoms with Crippen LogP contribution in [-0.2, 0) is 11.2 Å². The van der Waals surface area contributed by atoms with Gasteiger partial charge in [0.2, 0.25) is 5.91 Å². The van der Waals surface area contributed by atoms with E-state index >= 15 is 0 Å². The third-order valence-electron chi connectivity index (χ3n) is 3.45. The van der Waals surface area contributed by atoms with Gasteiger partial charge in [-0.25, -0.2) is 8.78 Å². The number of rotatable bonds is 4. The zero-order valence-corrected chi connectivity index (χ0v) is 13.6. The second kappa shape index (κ2) is 7.36. The lowest BCUT2D eigenvalue weighted by atomic mass is 10.1. The first-order valence-corrected chi connectivity index (χ1v) is 7.73. The molecular weight excluding hydrogens is 348 g/mol. The quantitative estimate of drug-likeness (QED) is 0.757. The molecule has 0 atom stereocenters. The van der Waals surface area contributed by atoms with E-state index in [1.54, 1.807) is 24.3 Å². The van der Waals surface area contributed by atoms with Crippen molar-refractivity contribution in [2.24, 2.45) is 0 Å². The van der Waals surface area contributed by atoms with Gasteiger partial charge in [-0.3, -0.25) is 4.79 Å². The van der Waals surface area contributed by atoms with Crippen LogP contribution in [0.3, 0.4) is 0 Å². The Balaban J connectivity index is 1.69. The highest BCUT2D eigenvalue weighted by Gasteiger charge is 2.10. The van der Waals surface area contributed by atoms with Crippen LogP contribution in [0.5, 0.6) is 0 Å². The molecule has 3 aromatic rings. The number of anilines is 1. The lowest BCUT2D eigenvalue weighted by Gasteiger charge is -2.07. The normalized spacial score (nSPS) is 10.5. The summed E-state index contributed by atoms with van der Waals surface area (Å²) in [5.74, 6) is -1.02. The van der Waals surface area contributed by atoms with Crippen LogP contribution in [0, 0.1) is 11.6 Å². The van der Waals surface area contributed by atoms with Gasteiger partial charge in [0.25, 0.3) is 0 Å². The molecule has 126 valence electrons. The van der Waals surface area contributed by atoms with Crippen molar-refractivity contribution in [2.45, 2.75) is 6.42 Å². The monoisotopic (exact) mass is 359 g/mol. The molecule has 0 aliphatic carbocycles. The predicted molar refractivity (Wildman–Crippen MR) is 91.2 cm³/mol. The minimum atomic E-state index is -0.469. The fourth-order valence-electron chi connectivity index (χ4n) is 2.24. The van der Waals surface area contributed by atoms with Crippen molar-refractivity contribution in [1.82, 2.24) is 10.2 Å². The van der Waals surface area contributed by atoms with E-state index in [1.165, 1.54) is 24.3 Å². The van der Waals surface area contributed by atoms with Gasteiger partial charge in [0.05, 0.1) is 12.1 Å². The maximum Gasteiger partial charge on any atom is 0.230 e. The van der Waals surface area contributed by atoms with Crippen molar-refractivity contribution in [3.63, 3.8) is 0 Å². The van der Waals surface area contributed by atoms with E-state index in [0.29, 0.717) is 16.8 Å². The molecule has 0 saturated heterocycles. The minimum Gasteiger partial charge on any atom is -0.309 e. The molecule has 0 bridgehead atoms. The number of nitrogens with zero attached hydrogens (tertiary/aromatic N) is 2. The molecule has 0 radical (unpaired) electrons. The summed E-state index contributed by atoms with van der Waals surface area (Å²) in [6.45, 7) is 0. The molecule has 0 saturated carbocycles. The van der Waals surface area contributed by atoms with Gasteiger partial charge in [0.15, 0.2) is 5.82 Å². The van der Waals surface area contributed by atoms with Gasteiger partial charge >= 0.3 is 0 Å². The molecule has 1 heterocycles. The van der Waals surface area contributed by atoms with Gasteiger partial charge in [0, 0.05) is 10.6 Å². The fraction of sp³-hybridized carbons (Fsp3) is 0.0556. The lowest BCUT2D eigenvalue weighted by Crippen LogP contribution is -2.16. The Hall–Kier alpha value is -2.86. The van der Waals surface area contributed by atoms with E-state index in [4.69, 9.17) is 11.6 Å². The van der Waals surface area contributed by atoms with Crippen LogP contribution in [0.2, 0.25) is 5.02 Å². The Morgan fingerprint density at radius 2 is 1.84 bits per heavy atom. The maximum absolute atomic E-state index is 13.7. The van der Waals surface area contributed by atoms with E-state index in [0.717, 1.165) is 6.07 Å². The smallest absolute Gasteiger partial charge is 0.230 e. The second-order valence-corrected chi connectivity index (χ2v) is 5.65. The molecule has 0 fully saturated rings. The van der Waals surface area contributed by atoms with Gasteiger partial charge < -0.3 is 5.32 Å². The number of aromatic nitrogens is 2. The van der Waals surface area contributed by atoms with Crippen LogP contribution in [0.1, 0.15) is 5.56 Å². The van der Waals surface area contributed by atoms with E-state index in [-0.39, 0.29) is 23.2 Å². The number of carbonyl (C=O) groups excluding carboxylic acids is 1. The summed E-state index contributed by atoms with van der Waals surface area (Å²) in [7, 11) is 0. The van der Waals surface area contributed by atoms with Gasteiger partial charge in [-0.15, -0.1) is 10.2 Å². The zero-order valence-electron chi connectivity index (χ0n) is 12.8. The third kappa shape index (κ3) is 4.16. The first-order valence-electron chi connectivity index (χ1n) is 7.35. The number of hydrogen-bond acceptors (Lipinski definition) is 3. The molecule has 1 aromatic heterocycles. The molecule has 25 heavy (non-hydrogen) atoms. The van der Waals surface area contributed by atoms with E-state index in [1.807, 2.05) is 0 Å². The minimum absolute atomic E-state index is 0.0319. The molecule has 0 aliphatic rings. The van der Waals surface area contributed by atoms with Crippen molar-refractivity contribution >= 4 is 23.3 Å². The summed E-state index contributed by atoms with van der Waals surface area (Å²) < 4.78 is 26.7. The summed E-state index contributed by atoms with van der Waals surface area (Å²) >= 11 is 5.90. The molecule has 1 amide bonds. The molecule has 1 N–H and O–H groups in total. The van der Waals surface area contributed by atoms with E-state index < -0.39 is 11.6 Å². The number of amides is 1. The molecule has 4 nitrogen and oxygen atoms in total. The van der Waals surface area contributed by atoms with Crippen LogP contribution in [-0.4, -0.2) is 16.1 Å². The molecule has 0 unspecified atom stereocenters. The standard InChI is InChI=1S/C18H12ClF2N3O/c19-14-10-12(20)6-5-11(14)9-18(25)22-17-8-7-16(23-24-17)13-3-1-2-4-15(13)21/h1-8,10H,9H2,(H,22,24,25). The highest BCUT2D eigenvalue weighted by Crippen LogP contribution is 2.21. The van der Waals surface area contributed by atoms with Gasteiger partial charge in [-0.1, -0.05) is 29.8 Å². The van der Waals surface area contributed by atoms with Crippen LogP contribution in [0.25, 0.3) is 11.3 Å². The SMILES string of the molecule is O=C(Cc1ccc(F)cc1Cl)Nc1ccc(-c2ccccc2F)nn1. The zero-order chi connectivity index (χ0) is 17.8. The van der Waals surface area contributed by atoms with Gasteiger partial charge in [-0.05, 0) is 42.0 Å². The number of benzene rings is 2. The van der Waals surface area contributed by atoms with Gasteiger partial charge in [-0.2, -0.15) is 0 Å². The summed E-state index contributed by atoms with van der Waals surface area (Å²) in [6, 6.07) is 13.1. The Morgan fingerprint density at radius 3 is 2.52 bits per heavy atom. The highest BCUT2D eigenvalue weighted by atomic mass is 35.5. The van der Waals surface area contributed by atoms with Crippen LogP contribution in [0.15, 0.2) is 54.6 Å². The number of carbonyl (C=O) groups is 1. The van der Waals surface area contributed by atoms with Crippen LogP contribution in [0.4, 0.5) is 14.6 Å². The van der Waals surface area contributed by atoms with Crippen molar-refractivity contribution in [3.8, 4) is 11.3 Å². The molecule has 2 aromatic carbocycles. The maximum atomic E-state index is 13.7. The molecule has 0 aliphatic heterocycles. The number of halogens is 3. The Kier molecular flexibility index (Phi) is 5.00. The Morgan fingerprint density at radius 1 is 1.04 bits per heavy atom. The average Bonchev–Trinajstić information content (AvgIpc) is 2.59. The van der Waals surface area contributed by atoms with E-state index in [2.05, 4.69) is 15.5 Å². The Labute approximate surface area is 147 Å². The van der Waals surface area contributed by atoms with Crippen LogP contribution >= 0.6 is 11.6 Å². The topological polar surface area (TPSA) is 54.9 Å². The van der Waals surface area contributed by atoms with Gasteiger partial charge in [0.1, 0.15) is 11.6 Å². The number of hydrogen-bond donors (Lipinski definition) is 1. The van der Waals surface area contributed by atoms with E-state index in [9.17, 15) is 13.6 Å². The first-order chi connectivity index (χ1) is 12.0. The molecular formula is C18H12ClF2N3O. The largest absolute Gasteiger partial charge is 0.309 e. The second-order valence-electron chi connectivity index (χ2n) is 5.24. The molecule has 0 spiro atoms. The number of nitrogens with one attached hydrogen (secondary N) is 1. The summed E-state index contributed by atoms with van der Waals surface area (Å²) in [4.78, 5) is 12.0. The summed E-state index contributed by atoms with van der Waals surface area (Å²) in [5, 5.41) is 10.5. The van der Waals surface area contributed by atoms with Crippen molar-refractivity contribution in [1.29, 1.82) is 0 Å². The molecule has 7 heteroatoms. The average molecular weight is 360 g/mol. The van der Waals surface area contributed by atoms with Crippen molar-refractivity contribution < 1.29 is 13.6 Å². The predicted octanol–water partition coefficient (Wildman–Crippen LogP) is 4.26. The highest BCUT2D eigenvalue weighted by molar-refractivity contribution is 6.31. The lowest BCUT2D eigenvalue weighted by molar-refractivity contribution is -0.115. The molecule has 3 rings (SSSR count). The summed E-state index contributed by atoms with van der Waals surface area (Å²) in [6.07, 6.45) is -0.0319. The Bertz CT molecular complexity index is 916. The van der Waals surface area contributed by atoms with Crippen LogP contribution < -0.4 is 5.32 Å². The fourth-order valence-corrected chi connectivity index (χ4v) is 2.47. The van der Waals surface area contributed by atoms with Crippen molar-refractivity contribution in [2.75, 3.05) is 5.32 Å².